The third-order valence-electron chi connectivity index (χ3n) is 2.99. The average molecular weight is 355 g/mol. The van der Waals surface area contributed by atoms with Crippen molar-refractivity contribution in [3.8, 4) is 5.69 Å². The highest BCUT2D eigenvalue weighted by Gasteiger charge is 2.16. The van der Waals surface area contributed by atoms with Crippen LogP contribution in [-0.2, 0) is 0 Å². The van der Waals surface area contributed by atoms with Crippen LogP contribution in [0.3, 0.4) is 0 Å². The Hall–Kier alpha value is -1.73. The molecule has 21 heavy (non-hydrogen) atoms. The first-order valence-corrected chi connectivity index (χ1v) is 7.30. The second-order valence-electron chi connectivity index (χ2n) is 4.80. The third kappa shape index (κ3) is 3.89. The van der Waals surface area contributed by atoms with E-state index in [-0.39, 0.29) is 23.3 Å². The van der Waals surface area contributed by atoms with E-state index in [1.54, 1.807) is 18.3 Å². The quantitative estimate of drug-likeness (QED) is 0.863. The Kier molecular flexibility index (Phi) is 5.08. The summed E-state index contributed by atoms with van der Waals surface area (Å²) in [6, 6.07) is 5.86. The normalized spacial score (nSPS) is 12.2. The fraction of sp³-hybridized carbons (Fsp3) is 0.286. The van der Waals surface area contributed by atoms with Crippen molar-refractivity contribution in [1.82, 2.24) is 15.1 Å². The zero-order valence-electron chi connectivity index (χ0n) is 11.5. The van der Waals surface area contributed by atoms with Gasteiger partial charge < -0.3 is 11.1 Å². The largest absolute Gasteiger partial charge is 0.350 e. The van der Waals surface area contributed by atoms with Gasteiger partial charge in [0.1, 0.15) is 5.82 Å². The van der Waals surface area contributed by atoms with Crippen molar-refractivity contribution in [2.75, 3.05) is 13.1 Å². The topological polar surface area (TPSA) is 72.9 Å². The van der Waals surface area contributed by atoms with Gasteiger partial charge in [0.2, 0.25) is 0 Å². The van der Waals surface area contributed by atoms with E-state index in [0.29, 0.717) is 23.2 Å². The number of amides is 1. The molecule has 3 N–H and O–H groups in total. The van der Waals surface area contributed by atoms with E-state index in [1.165, 1.54) is 16.8 Å². The number of aromatic nitrogens is 2. The van der Waals surface area contributed by atoms with Crippen molar-refractivity contribution < 1.29 is 9.18 Å². The number of carbonyl (C=O) groups excluding carboxylic acids is 1. The van der Waals surface area contributed by atoms with Gasteiger partial charge in [-0.1, -0.05) is 6.92 Å². The monoisotopic (exact) mass is 354 g/mol. The van der Waals surface area contributed by atoms with Crippen LogP contribution in [0.2, 0.25) is 0 Å². The minimum absolute atomic E-state index is 0.201. The summed E-state index contributed by atoms with van der Waals surface area (Å²) < 4.78 is 15.0. The van der Waals surface area contributed by atoms with Gasteiger partial charge in [0, 0.05) is 12.7 Å². The van der Waals surface area contributed by atoms with Crippen LogP contribution in [-0.4, -0.2) is 28.8 Å². The summed E-state index contributed by atoms with van der Waals surface area (Å²) in [5, 5.41) is 7.00. The second-order valence-corrected chi connectivity index (χ2v) is 5.65. The van der Waals surface area contributed by atoms with Crippen molar-refractivity contribution in [2.24, 2.45) is 11.7 Å². The van der Waals surface area contributed by atoms with Crippen LogP contribution < -0.4 is 11.1 Å². The molecule has 1 amide bonds. The number of carbonyl (C=O) groups is 1. The standard InChI is InChI=1S/C14H16BrFN4O/c1-9(6-17)7-18-14(21)13-12(15)8-20(19-13)11-4-2-10(16)3-5-11/h2-5,8-9H,6-7,17H2,1H3,(H,18,21). The summed E-state index contributed by atoms with van der Waals surface area (Å²) in [5.74, 6) is -0.395. The summed E-state index contributed by atoms with van der Waals surface area (Å²) in [4.78, 5) is 12.1. The first-order chi connectivity index (χ1) is 10.0. The van der Waals surface area contributed by atoms with Crippen LogP contribution >= 0.6 is 15.9 Å². The molecular weight excluding hydrogens is 339 g/mol. The molecule has 0 fully saturated rings. The fourth-order valence-corrected chi connectivity index (χ4v) is 2.12. The van der Waals surface area contributed by atoms with Gasteiger partial charge in [0.25, 0.3) is 5.91 Å². The van der Waals surface area contributed by atoms with Gasteiger partial charge in [-0.3, -0.25) is 4.79 Å². The molecule has 0 radical (unpaired) electrons. The number of benzene rings is 1. The Morgan fingerprint density at radius 2 is 2.14 bits per heavy atom. The smallest absolute Gasteiger partial charge is 0.272 e. The van der Waals surface area contributed by atoms with Crippen molar-refractivity contribution in [1.29, 1.82) is 0 Å². The van der Waals surface area contributed by atoms with Crippen LogP contribution in [0.25, 0.3) is 5.69 Å². The first-order valence-electron chi connectivity index (χ1n) is 6.50. The maximum atomic E-state index is 12.9. The van der Waals surface area contributed by atoms with Crippen LogP contribution in [0.1, 0.15) is 17.4 Å². The van der Waals surface area contributed by atoms with Gasteiger partial charge >= 0.3 is 0 Å². The number of halogens is 2. The molecule has 112 valence electrons. The van der Waals surface area contributed by atoms with E-state index < -0.39 is 0 Å². The summed E-state index contributed by atoms with van der Waals surface area (Å²) in [5.41, 5.74) is 6.46. The Morgan fingerprint density at radius 1 is 1.48 bits per heavy atom. The lowest BCUT2D eigenvalue weighted by molar-refractivity contribution is 0.0942. The number of nitrogens with one attached hydrogen (secondary N) is 1. The van der Waals surface area contributed by atoms with Crippen molar-refractivity contribution in [2.45, 2.75) is 6.92 Å². The summed E-state index contributed by atoms with van der Waals surface area (Å²) in [6.07, 6.45) is 1.66. The van der Waals surface area contributed by atoms with Gasteiger partial charge in [0.05, 0.1) is 10.2 Å². The molecule has 0 aliphatic carbocycles. The molecule has 0 bridgehead atoms. The summed E-state index contributed by atoms with van der Waals surface area (Å²) in [7, 11) is 0. The average Bonchev–Trinajstić information content (AvgIpc) is 2.87. The maximum Gasteiger partial charge on any atom is 0.272 e. The predicted molar refractivity (Wildman–Crippen MR) is 81.8 cm³/mol. The molecule has 2 rings (SSSR count). The number of hydrogen-bond acceptors (Lipinski definition) is 3. The van der Waals surface area contributed by atoms with Crippen molar-refractivity contribution in [3.63, 3.8) is 0 Å². The molecule has 7 heteroatoms. The highest BCUT2D eigenvalue weighted by atomic mass is 79.9. The number of rotatable bonds is 5. The number of nitrogens with two attached hydrogens (primary N) is 1. The predicted octanol–water partition coefficient (Wildman–Crippen LogP) is 2.10. The highest BCUT2D eigenvalue weighted by molar-refractivity contribution is 9.10. The molecule has 1 unspecified atom stereocenters. The molecule has 1 aromatic heterocycles. The molecule has 0 spiro atoms. The van der Waals surface area contributed by atoms with E-state index in [2.05, 4.69) is 26.3 Å². The lowest BCUT2D eigenvalue weighted by Gasteiger charge is -2.08. The molecule has 1 atom stereocenters. The van der Waals surface area contributed by atoms with Crippen molar-refractivity contribution >= 4 is 21.8 Å². The Labute approximate surface area is 130 Å². The van der Waals surface area contributed by atoms with Gasteiger partial charge in [0.15, 0.2) is 5.69 Å². The molecule has 1 aromatic carbocycles. The van der Waals surface area contributed by atoms with Crippen LogP contribution in [0.15, 0.2) is 34.9 Å². The van der Waals surface area contributed by atoms with E-state index in [0.717, 1.165) is 0 Å². The van der Waals surface area contributed by atoms with E-state index in [4.69, 9.17) is 5.73 Å². The zero-order valence-corrected chi connectivity index (χ0v) is 13.1. The minimum Gasteiger partial charge on any atom is -0.350 e. The van der Waals surface area contributed by atoms with Crippen LogP contribution in [0.4, 0.5) is 4.39 Å². The molecule has 2 aromatic rings. The van der Waals surface area contributed by atoms with Crippen LogP contribution in [0.5, 0.6) is 0 Å². The molecule has 0 aliphatic heterocycles. The number of hydrogen-bond donors (Lipinski definition) is 2. The molecular formula is C14H16BrFN4O. The number of nitrogens with zero attached hydrogens (tertiary/aromatic N) is 2. The molecule has 1 heterocycles. The third-order valence-corrected chi connectivity index (χ3v) is 3.57. The molecule has 5 nitrogen and oxygen atoms in total. The lowest BCUT2D eigenvalue weighted by Crippen LogP contribution is -2.31. The van der Waals surface area contributed by atoms with Gasteiger partial charge in [-0.15, -0.1) is 0 Å². The summed E-state index contributed by atoms with van der Waals surface area (Å²) >= 11 is 3.31. The molecule has 0 saturated carbocycles. The first kappa shape index (κ1) is 15.7. The Balaban J connectivity index is 2.15. The minimum atomic E-state index is -0.321. The van der Waals surface area contributed by atoms with Gasteiger partial charge in [-0.25, -0.2) is 9.07 Å². The highest BCUT2D eigenvalue weighted by Crippen LogP contribution is 2.18. The maximum absolute atomic E-state index is 12.9. The van der Waals surface area contributed by atoms with Crippen LogP contribution in [0, 0.1) is 11.7 Å². The van der Waals surface area contributed by atoms with E-state index in [9.17, 15) is 9.18 Å². The van der Waals surface area contributed by atoms with E-state index in [1.807, 2.05) is 6.92 Å². The van der Waals surface area contributed by atoms with E-state index >= 15 is 0 Å². The Bertz CT molecular complexity index is 626. The Morgan fingerprint density at radius 3 is 2.76 bits per heavy atom. The SMILES string of the molecule is CC(CN)CNC(=O)c1nn(-c2ccc(F)cc2)cc1Br. The summed E-state index contributed by atoms with van der Waals surface area (Å²) in [6.45, 7) is 2.95. The van der Waals surface area contributed by atoms with Gasteiger partial charge in [-0.05, 0) is 52.7 Å². The fourth-order valence-electron chi connectivity index (χ4n) is 1.67. The second kappa shape index (κ2) is 6.82. The van der Waals surface area contributed by atoms with Crippen molar-refractivity contribution in [3.05, 3.63) is 46.4 Å². The molecule has 0 aliphatic rings. The molecule has 0 saturated heterocycles. The zero-order chi connectivity index (χ0) is 15.4. The van der Waals surface area contributed by atoms with Gasteiger partial charge in [-0.2, -0.15) is 5.10 Å². The lowest BCUT2D eigenvalue weighted by atomic mass is 10.2.